The van der Waals surface area contributed by atoms with E-state index in [-0.39, 0.29) is 18.9 Å². The van der Waals surface area contributed by atoms with Crippen molar-refractivity contribution in [1.29, 1.82) is 0 Å². The van der Waals surface area contributed by atoms with Crippen molar-refractivity contribution in [2.45, 2.75) is 31.9 Å². The van der Waals surface area contributed by atoms with Gasteiger partial charge in [0.25, 0.3) is 0 Å². The fourth-order valence-electron chi connectivity index (χ4n) is 3.12. The summed E-state index contributed by atoms with van der Waals surface area (Å²) in [5, 5.41) is 2.58. The Morgan fingerprint density at radius 3 is 2.38 bits per heavy atom. The Hall–Kier alpha value is -2.64. The summed E-state index contributed by atoms with van der Waals surface area (Å²) in [6.45, 7) is 0. The Kier molecular flexibility index (Phi) is 5.39. The highest BCUT2D eigenvalue weighted by Gasteiger charge is 2.48. The number of benzene rings is 1. The lowest BCUT2D eigenvalue weighted by Crippen LogP contribution is -2.39. The fourth-order valence-corrected chi connectivity index (χ4v) is 3.12. The maximum absolute atomic E-state index is 13.1. The van der Waals surface area contributed by atoms with Crippen LogP contribution in [0.25, 0.3) is 0 Å². The summed E-state index contributed by atoms with van der Waals surface area (Å²) in [4.78, 5) is 20.2. The molecule has 1 heterocycles. The first-order valence-corrected chi connectivity index (χ1v) is 8.36. The van der Waals surface area contributed by atoms with Crippen LogP contribution < -0.4 is 10.1 Å². The van der Waals surface area contributed by atoms with Crippen LogP contribution in [0.2, 0.25) is 0 Å². The molecule has 0 bridgehead atoms. The Morgan fingerprint density at radius 1 is 1.08 bits per heavy atom. The second kappa shape index (κ2) is 7.72. The van der Waals surface area contributed by atoms with E-state index in [1.807, 2.05) is 0 Å². The maximum atomic E-state index is 13.1. The van der Waals surface area contributed by atoms with E-state index in [2.05, 4.69) is 15.3 Å². The summed E-state index contributed by atoms with van der Waals surface area (Å²) in [5.41, 5.74) is 0.419. The van der Waals surface area contributed by atoms with Gasteiger partial charge in [0.2, 0.25) is 5.91 Å². The minimum Gasteiger partial charge on any atom is -0.424 e. The predicted octanol–water partition coefficient (Wildman–Crippen LogP) is 4.58. The van der Waals surface area contributed by atoms with Crippen molar-refractivity contribution < 1.29 is 22.7 Å². The lowest BCUT2D eigenvalue weighted by atomic mass is 9.78. The van der Waals surface area contributed by atoms with Gasteiger partial charge in [-0.2, -0.15) is 13.2 Å². The van der Waals surface area contributed by atoms with E-state index >= 15 is 0 Å². The Balaban J connectivity index is 1.63. The normalized spacial score (nSPS) is 20.4. The third-order valence-corrected chi connectivity index (χ3v) is 4.40. The zero-order valence-corrected chi connectivity index (χ0v) is 13.9. The van der Waals surface area contributed by atoms with E-state index in [1.54, 1.807) is 30.3 Å². The van der Waals surface area contributed by atoms with E-state index in [0.717, 1.165) is 0 Å². The third-order valence-electron chi connectivity index (χ3n) is 4.40. The molecule has 1 aliphatic rings. The molecule has 1 fully saturated rings. The Morgan fingerprint density at radius 2 is 1.73 bits per heavy atom. The highest BCUT2D eigenvalue weighted by atomic mass is 19.4. The van der Waals surface area contributed by atoms with E-state index < -0.39 is 23.9 Å². The molecule has 1 amide bonds. The molecule has 1 saturated carbocycles. The van der Waals surface area contributed by atoms with Gasteiger partial charge in [-0.05, 0) is 43.2 Å². The van der Waals surface area contributed by atoms with Crippen LogP contribution in [0.15, 0.2) is 42.7 Å². The van der Waals surface area contributed by atoms with Gasteiger partial charge in [0.05, 0.1) is 5.92 Å². The molecule has 138 valence electrons. The Bertz CT molecular complexity index is 736. The first kappa shape index (κ1) is 18.2. The average Bonchev–Trinajstić information content (AvgIpc) is 2.63. The maximum Gasteiger partial charge on any atom is 0.392 e. The molecule has 3 rings (SSSR count). The number of halogens is 3. The zero-order valence-electron chi connectivity index (χ0n) is 13.9. The average molecular weight is 365 g/mol. The number of hydrogen-bond acceptors (Lipinski definition) is 4. The van der Waals surface area contributed by atoms with Crippen molar-refractivity contribution in [3.05, 3.63) is 42.7 Å². The number of hydrogen-bond donors (Lipinski definition) is 1. The summed E-state index contributed by atoms with van der Waals surface area (Å²) in [6.07, 6.45) is 0.121. The SMILES string of the molecule is O=C(Nc1ccc(Oc2ncccn2)cc1)[C@H]1CCCC[C@@H]1C(F)(F)F. The van der Waals surface area contributed by atoms with Gasteiger partial charge >= 0.3 is 12.2 Å². The van der Waals surface area contributed by atoms with Crippen LogP contribution in [0.3, 0.4) is 0 Å². The van der Waals surface area contributed by atoms with Gasteiger partial charge in [0.1, 0.15) is 5.75 Å². The fraction of sp³-hybridized carbons (Fsp3) is 0.389. The number of aromatic nitrogens is 2. The van der Waals surface area contributed by atoms with Crippen molar-refractivity contribution in [2.24, 2.45) is 11.8 Å². The molecule has 1 N–H and O–H groups in total. The monoisotopic (exact) mass is 365 g/mol. The largest absolute Gasteiger partial charge is 0.424 e. The van der Waals surface area contributed by atoms with Gasteiger partial charge < -0.3 is 10.1 Å². The van der Waals surface area contributed by atoms with Crippen LogP contribution >= 0.6 is 0 Å². The molecule has 0 radical (unpaired) electrons. The van der Waals surface area contributed by atoms with Crippen LogP contribution in [0.1, 0.15) is 25.7 Å². The number of rotatable bonds is 4. The van der Waals surface area contributed by atoms with Gasteiger partial charge in [-0.15, -0.1) is 0 Å². The zero-order chi connectivity index (χ0) is 18.6. The minimum atomic E-state index is -4.35. The second-order valence-corrected chi connectivity index (χ2v) is 6.19. The molecule has 26 heavy (non-hydrogen) atoms. The number of amides is 1. The predicted molar refractivity (Wildman–Crippen MR) is 88.7 cm³/mol. The molecule has 2 atom stereocenters. The van der Waals surface area contributed by atoms with Crippen molar-refractivity contribution in [2.75, 3.05) is 5.32 Å². The number of alkyl halides is 3. The van der Waals surface area contributed by atoms with Gasteiger partial charge in [-0.25, -0.2) is 9.97 Å². The van der Waals surface area contributed by atoms with Crippen molar-refractivity contribution in [1.82, 2.24) is 9.97 Å². The topological polar surface area (TPSA) is 64.1 Å². The summed E-state index contributed by atoms with van der Waals surface area (Å²) in [5.74, 6) is -2.75. The summed E-state index contributed by atoms with van der Waals surface area (Å²) >= 11 is 0. The lowest BCUT2D eigenvalue weighted by molar-refractivity contribution is -0.197. The van der Waals surface area contributed by atoms with E-state index in [9.17, 15) is 18.0 Å². The molecule has 0 spiro atoms. The number of ether oxygens (including phenoxy) is 1. The van der Waals surface area contributed by atoms with E-state index in [1.165, 1.54) is 12.4 Å². The van der Waals surface area contributed by atoms with Gasteiger partial charge in [0.15, 0.2) is 0 Å². The van der Waals surface area contributed by atoms with Crippen molar-refractivity contribution >= 4 is 11.6 Å². The molecule has 1 aromatic carbocycles. The van der Waals surface area contributed by atoms with Crippen LogP contribution in [-0.4, -0.2) is 22.1 Å². The van der Waals surface area contributed by atoms with E-state index in [4.69, 9.17) is 4.74 Å². The molecule has 0 aliphatic heterocycles. The molecule has 1 aromatic heterocycles. The molecule has 0 saturated heterocycles. The smallest absolute Gasteiger partial charge is 0.392 e. The number of nitrogens with one attached hydrogen (secondary N) is 1. The number of anilines is 1. The molecule has 5 nitrogen and oxygen atoms in total. The summed E-state index contributed by atoms with van der Waals surface area (Å²) in [6, 6.07) is 8.16. The molecular formula is C18H18F3N3O2. The molecular weight excluding hydrogens is 347 g/mol. The van der Waals surface area contributed by atoms with E-state index in [0.29, 0.717) is 24.3 Å². The van der Waals surface area contributed by atoms with Crippen LogP contribution in [0.5, 0.6) is 11.8 Å². The molecule has 2 aromatic rings. The first-order valence-electron chi connectivity index (χ1n) is 8.36. The van der Waals surface area contributed by atoms with Crippen molar-refractivity contribution in [3.63, 3.8) is 0 Å². The second-order valence-electron chi connectivity index (χ2n) is 6.19. The highest BCUT2D eigenvalue weighted by Crippen LogP contribution is 2.41. The number of carbonyl (C=O) groups is 1. The Labute approximate surface area is 148 Å². The quantitative estimate of drug-likeness (QED) is 0.862. The van der Waals surface area contributed by atoms with Crippen LogP contribution in [-0.2, 0) is 4.79 Å². The highest BCUT2D eigenvalue weighted by molar-refractivity contribution is 5.92. The number of carbonyl (C=O) groups excluding carboxylic acids is 1. The lowest BCUT2D eigenvalue weighted by Gasteiger charge is -2.31. The molecule has 0 unspecified atom stereocenters. The molecule has 8 heteroatoms. The minimum absolute atomic E-state index is 0.00540. The number of nitrogens with zero attached hydrogens (tertiary/aromatic N) is 2. The van der Waals surface area contributed by atoms with Crippen LogP contribution in [0, 0.1) is 11.8 Å². The summed E-state index contributed by atoms with van der Waals surface area (Å²) < 4.78 is 44.9. The summed E-state index contributed by atoms with van der Waals surface area (Å²) in [7, 11) is 0. The van der Waals surface area contributed by atoms with Gasteiger partial charge in [0, 0.05) is 24.0 Å². The third kappa shape index (κ3) is 4.50. The van der Waals surface area contributed by atoms with Gasteiger partial charge in [-0.3, -0.25) is 4.79 Å². The first-order chi connectivity index (χ1) is 12.4. The standard InChI is InChI=1S/C18H18F3N3O2/c19-18(20,21)15-5-2-1-4-14(15)16(25)24-12-6-8-13(9-7-12)26-17-22-10-3-11-23-17/h3,6-11,14-15H,1-2,4-5H2,(H,24,25)/t14-,15-/m0/s1. The van der Waals surface area contributed by atoms with Crippen LogP contribution in [0.4, 0.5) is 18.9 Å². The van der Waals surface area contributed by atoms with Gasteiger partial charge in [-0.1, -0.05) is 12.8 Å². The molecule has 1 aliphatic carbocycles. The van der Waals surface area contributed by atoms with Crippen molar-refractivity contribution in [3.8, 4) is 11.8 Å².